The van der Waals surface area contributed by atoms with E-state index in [0.29, 0.717) is 11.6 Å². The van der Waals surface area contributed by atoms with Crippen molar-refractivity contribution >= 4 is 15.5 Å². The molecule has 0 unspecified atom stereocenters. The van der Waals surface area contributed by atoms with Crippen molar-refractivity contribution < 1.29 is 8.42 Å². The van der Waals surface area contributed by atoms with Gasteiger partial charge in [-0.25, -0.2) is 13.8 Å². The summed E-state index contributed by atoms with van der Waals surface area (Å²) in [7, 11) is -1.26. The normalized spacial score (nSPS) is 11.4. The van der Waals surface area contributed by atoms with Crippen LogP contribution >= 0.6 is 0 Å². The molecule has 0 aliphatic carbocycles. The third-order valence-corrected chi connectivity index (χ3v) is 3.16. The van der Waals surface area contributed by atoms with E-state index >= 15 is 0 Å². The molecule has 84 valence electrons. The maximum atomic E-state index is 11.2. The largest absolute Gasteiger partial charge is 0.361 e. The average molecular weight is 229 g/mol. The highest BCUT2D eigenvalue weighted by Gasteiger charge is 2.07. The van der Waals surface area contributed by atoms with Crippen LogP contribution in [0.2, 0.25) is 0 Å². The summed E-state index contributed by atoms with van der Waals surface area (Å²) >= 11 is 0. The molecule has 0 aliphatic heterocycles. The van der Waals surface area contributed by atoms with Gasteiger partial charge in [-0.05, 0) is 24.3 Å². The zero-order valence-electron chi connectivity index (χ0n) is 8.77. The first-order valence-corrected chi connectivity index (χ1v) is 6.29. The van der Waals surface area contributed by atoms with Crippen LogP contribution in [-0.4, -0.2) is 28.4 Å². The molecule has 1 aromatic carbocycles. The quantitative estimate of drug-likeness (QED) is 0.430. The predicted octanol–water partition coefficient (Wildman–Crippen LogP) is -0.0529. The zero-order chi connectivity index (χ0) is 11.5. The Morgan fingerprint density at radius 3 is 2.27 bits per heavy atom. The lowest BCUT2D eigenvalue weighted by atomic mass is 10.3. The first-order valence-electron chi connectivity index (χ1n) is 4.40. The Morgan fingerprint density at radius 1 is 1.33 bits per heavy atom. The molecule has 0 aliphatic rings. The minimum atomic E-state index is -3.12. The minimum Gasteiger partial charge on any atom is -0.361 e. The lowest BCUT2D eigenvalue weighted by Crippen LogP contribution is -2.35. The van der Waals surface area contributed by atoms with Gasteiger partial charge >= 0.3 is 0 Å². The van der Waals surface area contributed by atoms with Crippen LogP contribution in [0.5, 0.6) is 0 Å². The summed E-state index contributed by atoms with van der Waals surface area (Å²) in [5.41, 5.74) is 3.42. The van der Waals surface area contributed by atoms with Crippen LogP contribution in [0, 0.1) is 0 Å². The molecule has 15 heavy (non-hydrogen) atoms. The van der Waals surface area contributed by atoms with E-state index in [9.17, 15) is 8.42 Å². The van der Waals surface area contributed by atoms with Gasteiger partial charge in [-0.1, -0.05) is 0 Å². The van der Waals surface area contributed by atoms with Crippen LogP contribution < -0.4 is 16.2 Å². The first-order chi connectivity index (χ1) is 6.95. The fraction of sp³-hybridized carbons (Fsp3) is 0.333. The molecule has 6 heteroatoms. The monoisotopic (exact) mass is 229 g/mol. The van der Waals surface area contributed by atoms with Gasteiger partial charge in [0.05, 0.1) is 11.6 Å². The smallest absolute Gasteiger partial charge is 0.175 e. The number of hydrogen-bond donors (Lipinski definition) is 2. The first kappa shape index (κ1) is 12.0. The van der Waals surface area contributed by atoms with E-state index < -0.39 is 9.84 Å². The molecular weight excluding hydrogens is 214 g/mol. The third kappa shape index (κ3) is 3.19. The number of anilines is 1. The van der Waals surface area contributed by atoms with Crippen molar-refractivity contribution in [2.75, 3.05) is 24.9 Å². The second kappa shape index (κ2) is 4.61. The molecule has 0 atom stereocenters. The number of benzene rings is 1. The van der Waals surface area contributed by atoms with Gasteiger partial charge < -0.3 is 4.90 Å². The number of hydrogen-bond acceptors (Lipinski definition) is 5. The number of hydrazine groups is 1. The second-order valence-corrected chi connectivity index (χ2v) is 5.34. The van der Waals surface area contributed by atoms with Crippen molar-refractivity contribution in [3.63, 3.8) is 0 Å². The van der Waals surface area contributed by atoms with Crippen molar-refractivity contribution in [2.24, 2.45) is 5.84 Å². The topological polar surface area (TPSA) is 75.4 Å². The minimum absolute atomic E-state index is 0.320. The molecule has 0 fully saturated rings. The van der Waals surface area contributed by atoms with Crippen molar-refractivity contribution in [1.29, 1.82) is 0 Å². The highest BCUT2D eigenvalue weighted by molar-refractivity contribution is 7.90. The lowest BCUT2D eigenvalue weighted by molar-refractivity contribution is 0.602. The van der Waals surface area contributed by atoms with Gasteiger partial charge in [0.1, 0.15) is 0 Å². The summed E-state index contributed by atoms with van der Waals surface area (Å²) in [6.07, 6.45) is 1.19. The van der Waals surface area contributed by atoms with Crippen LogP contribution in [0.25, 0.3) is 0 Å². The van der Waals surface area contributed by atoms with E-state index in [1.165, 1.54) is 6.26 Å². The molecule has 5 nitrogen and oxygen atoms in total. The molecule has 0 aromatic heterocycles. The maximum Gasteiger partial charge on any atom is 0.175 e. The third-order valence-electron chi connectivity index (χ3n) is 2.03. The van der Waals surface area contributed by atoms with E-state index in [-0.39, 0.29) is 0 Å². The van der Waals surface area contributed by atoms with Gasteiger partial charge in [-0.2, -0.15) is 0 Å². The van der Waals surface area contributed by atoms with Crippen LogP contribution in [-0.2, 0) is 9.84 Å². The molecule has 3 N–H and O–H groups in total. The number of rotatable bonds is 4. The van der Waals surface area contributed by atoms with Crippen LogP contribution in [0.1, 0.15) is 0 Å². The molecular formula is C9H15N3O2S. The molecule has 0 amide bonds. The number of nitrogens with one attached hydrogen (secondary N) is 1. The Bertz CT molecular complexity index is 413. The highest BCUT2D eigenvalue weighted by Crippen LogP contribution is 2.16. The van der Waals surface area contributed by atoms with E-state index in [4.69, 9.17) is 5.84 Å². The Labute approximate surface area is 89.8 Å². The van der Waals surface area contributed by atoms with E-state index in [1.807, 2.05) is 11.9 Å². The van der Waals surface area contributed by atoms with E-state index in [0.717, 1.165) is 5.69 Å². The van der Waals surface area contributed by atoms with Gasteiger partial charge in [-0.3, -0.25) is 5.84 Å². The molecule has 0 heterocycles. The molecule has 0 saturated carbocycles. The summed E-state index contributed by atoms with van der Waals surface area (Å²) in [6, 6.07) is 6.65. The van der Waals surface area contributed by atoms with Gasteiger partial charge in [0.15, 0.2) is 9.84 Å². The Morgan fingerprint density at radius 2 is 1.87 bits per heavy atom. The van der Waals surface area contributed by atoms with Gasteiger partial charge in [0, 0.05) is 19.0 Å². The van der Waals surface area contributed by atoms with Crippen molar-refractivity contribution in [1.82, 2.24) is 5.43 Å². The van der Waals surface area contributed by atoms with Gasteiger partial charge in [0.25, 0.3) is 0 Å². The maximum absolute atomic E-state index is 11.2. The predicted molar refractivity (Wildman–Crippen MR) is 60.1 cm³/mol. The van der Waals surface area contributed by atoms with E-state index in [2.05, 4.69) is 5.43 Å². The molecule has 0 bridgehead atoms. The summed E-state index contributed by atoms with van der Waals surface area (Å²) in [5.74, 6) is 5.18. The zero-order valence-corrected chi connectivity index (χ0v) is 9.58. The summed E-state index contributed by atoms with van der Waals surface area (Å²) in [5, 5.41) is 0. The standard InChI is InChI=1S/C9H15N3O2S/c1-12(7-11-10)8-3-5-9(6-4-8)15(2,13)14/h3-6,11H,7,10H2,1-2H3. The molecule has 0 spiro atoms. The molecule has 0 saturated heterocycles. The fourth-order valence-corrected chi connectivity index (χ4v) is 1.81. The van der Waals surface area contributed by atoms with E-state index in [1.54, 1.807) is 24.3 Å². The van der Waals surface area contributed by atoms with Crippen molar-refractivity contribution in [3.05, 3.63) is 24.3 Å². The highest BCUT2D eigenvalue weighted by atomic mass is 32.2. The number of nitrogens with zero attached hydrogens (tertiary/aromatic N) is 1. The van der Waals surface area contributed by atoms with Crippen LogP contribution in [0.4, 0.5) is 5.69 Å². The van der Waals surface area contributed by atoms with Crippen LogP contribution in [0.3, 0.4) is 0 Å². The Balaban J connectivity index is 2.90. The van der Waals surface area contributed by atoms with Crippen LogP contribution in [0.15, 0.2) is 29.2 Å². The number of sulfone groups is 1. The van der Waals surface area contributed by atoms with Crippen molar-refractivity contribution in [2.45, 2.75) is 4.90 Å². The van der Waals surface area contributed by atoms with Gasteiger partial charge in [-0.15, -0.1) is 0 Å². The molecule has 1 rings (SSSR count). The Kier molecular flexibility index (Phi) is 3.67. The molecule has 1 aromatic rings. The average Bonchev–Trinajstić information content (AvgIpc) is 2.17. The number of nitrogens with two attached hydrogens (primary N) is 1. The summed E-state index contributed by atoms with van der Waals surface area (Å²) < 4.78 is 22.4. The Hall–Kier alpha value is -1.11. The SMILES string of the molecule is CN(CNN)c1ccc(S(C)(=O)=O)cc1. The summed E-state index contributed by atoms with van der Waals surface area (Å²) in [6.45, 7) is 0.498. The fourth-order valence-electron chi connectivity index (χ4n) is 1.18. The summed E-state index contributed by atoms with van der Waals surface area (Å²) in [4.78, 5) is 2.19. The second-order valence-electron chi connectivity index (χ2n) is 3.33. The lowest BCUT2D eigenvalue weighted by Gasteiger charge is -2.18. The molecule has 0 radical (unpaired) electrons. The van der Waals surface area contributed by atoms with Gasteiger partial charge in [0.2, 0.25) is 0 Å². The van der Waals surface area contributed by atoms with Crippen molar-refractivity contribution in [3.8, 4) is 0 Å².